The molecule has 1 heterocycles. The highest BCUT2D eigenvalue weighted by Crippen LogP contribution is 2.37. The number of carboxylic acids is 2. The summed E-state index contributed by atoms with van der Waals surface area (Å²) in [6.45, 7) is -0.885. The van der Waals surface area contributed by atoms with Crippen LogP contribution in [0.2, 0.25) is 10.0 Å². The average molecular weight is 768 g/mol. The summed E-state index contributed by atoms with van der Waals surface area (Å²) in [5.74, 6) is -4.48. The van der Waals surface area contributed by atoms with Crippen molar-refractivity contribution in [2.24, 2.45) is 0 Å². The van der Waals surface area contributed by atoms with Gasteiger partial charge in [-0.05, 0) is 47.5 Å². The smallest absolute Gasteiger partial charge is 0.335 e. The molecule has 1 saturated heterocycles. The number of carboxylic acid groups (broad SMARTS) is 2. The van der Waals surface area contributed by atoms with Gasteiger partial charge in [-0.15, -0.1) is 0 Å². The Balaban J connectivity index is 1.74. The number of hydrogen-bond donors (Lipinski definition) is 2. The van der Waals surface area contributed by atoms with Gasteiger partial charge in [0.05, 0.1) is 44.8 Å². The fourth-order valence-electron chi connectivity index (χ4n) is 5.57. The fourth-order valence-corrected chi connectivity index (χ4v) is 12.0. The van der Waals surface area contributed by atoms with Crippen LogP contribution in [-0.2, 0) is 43.0 Å². The number of sulfonamides is 2. The summed E-state index contributed by atoms with van der Waals surface area (Å²) in [5.41, 5.74) is 0.0162. The zero-order valence-electron chi connectivity index (χ0n) is 25.3. The Hall–Kier alpha value is -3.83. The Bertz CT molecular complexity index is 2080. The number of sulfone groups is 1. The molecule has 2 N–H and O–H groups in total. The lowest BCUT2D eigenvalue weighted by Gasteiger charge is -2.37. The average Bonchev–Trinajstić information content (AvgIpc) is 3.37. The monoisotopic (exact) mass is 766 g/mol. The number of rotatable bonds is 12. The molecule has 0 amide bonds. The van der Waals surface area contributed by atoms with E-state index in [-0.39, 0.29) is 10.0 Å². The maximum Gasteiger partial charge on any atom is 0.335 e. The lowest BCUT2D eigenvalue weighted by molar-refractivity contribution is 0.0685. The van der Waals surface area contributed by atoms with Crippen LogP contribution in [0.3, 0.4) is 0 Å². The lowest BCUT2D eigenvalue weighted by Crippen LogP contribution is -2.54. The predicted octanol–water partition coefficient (Wildman–Crippen LogP) is 4.64. The fraction of sp³-hybridized carbons (Fsp3) is 0.188. The van der Waals surface area contributed by atoms with Crippen molar-refractivity contribution in [3.63, 3.8) is 0 Å². The largest absolute Gasteiger partial charge is 0.478 e. The normalized spacial score (nSPS) is 17.7. The molecule has 5 rings (SSSR count). The molecule has 12 nitrogen and oxygen atoms in total. The Kier molecular flexibility index (Phi) is 10.6. The summed E-state index contributed by atoms with van der Waals surface area (Å²) in [7, 11) is -13.8. The number of aromatic carboxylic acids is 2. The minimum absolute atomic E-state index is 0.341. The molecule has 0 bridgehead atoms. The van der Waals surface area contributed by atoms with Crippen LogP contribution in [0.4, 0.5) is 0 Å². The van der Waals surface area contributed by atoms with Gasteiger partial charge < -0.3 is 10.2 Å². The third-order valence-electron chi connectivity index (χ3n) is 7.93. The highest BCUT2D eigenvalue weighted by atomic mass is 35.5. The highest BCUT2D eigenvalue weighted by molar-refractivity contribution is 7.92. The van der Waals surface area contributed by atoms with E-state index in [4.69, 9.17) is 23.2 Å². The molecule has 0 aliphatic carbocycles. The van der Waals surface area contributed by atoms with Gasteiger partial charge in [0.15, 0.2) is 9.84 Å². The van der Waals surface area contributed by atoms with Gasteiger partial charge in [0.1, 0.15) is 9.79 Å². The summed E-state index contributed by atoms with van der Waals surface area (Å²) in [4.78, 5) is 22.3. The molecule has 1 fully saturated rings. The van der Waals surface area contributed by atoms with Crippen molar-refractivity contribution < 1.29 is 45.1 Å². The summed E-state index contributed by atoms with van der Waals surface area (Å²) < 4.78 is 86.8. The van der Waals surface area contributed by atoms with E-state index in [1.54, 1.807) is 60.7 Å². The van der Waals surface area contributed by atoms with Crippen molar-refractivity contribution in [1.29, 1.82) is 0 Å². The van der Waals surface area contributed by atoms with Crippen LogP contribution in [-0.4, -0.2) is 79.6 Å². The van der Waals surface area contributed by atoms with Crippen molar-refractivity contribution in [3.8, 4) is 0 Å². The molecule has 49 heavy (non-hydrogen) atoms. The van der Waals surface area contributed by atoms with E-state index in [1.807, 2.05) is 0 Å². The molecule has 0 spiro atoms. The topological polar surface area (TPSA) is 183 Å². The Morgan fingerprint density at radius 2 is 0.980 bits per heavy atom. The van der Waals surface area contributed by atoms with Crippen LogP contribution in [0.15, 0.2) is 107 Å². The van der Waals surface area contributed by atoms with Crippen LogP contribution in [0.5, 0.6) is 0 Å². The van der Waals surface area contributed by atoms with Gasteiger partial charge >= 0.3 is 11.9 Å². The molecule has 0 aromatic heterocycles. The molecule has 1 aliphatic rings. The number of halogens is 2. The minimum Gasteiger partial charge on any atom is -0.478 e. The Morgan fingerprint density at radius 1 is 0.633 bits per heavy atom. The first-order valence-corrected chi connectivity index (χ1v) is 19.8. The van der Waals surface area contributed by atoms with Crippen LogP contribution < -0.4 is 0 Å². The second kappa shape index (κ2) is 14.2. The van der Waals surface area contributed by atoms with Crippen molar-refractivity contribution in [1.82, 2.24) is 8.61 Å². The van der Waals surface area contributed by atoms with Crippen LogP contribution in [0.25, 0.3) is 0 Å². The first kappa shape index (κ1) is 36.5. The summed E-state index contributed by atoms with van der Waals surface area (Å²) in [6.07, 6.45) is 0. The molecule has 1 aliphatic heterocycles. The van der Waals surface area contributed by atoms with Gasteiger partial charge in [-0.25, -0.2) is 34.8 Å². The molecule has 4 aromatic carbocycles. The second-order valence-electron chi connectivity index (χ2n) is 11.2. The highest BCUT2D eigenvalue weighted by Gasteiger charge is 2.51. The van der Waals surface area contributed by atoms with Gasteiger partial charge in [0, 0.05) is 13.1 Å². The predicted molar refractivity (Wildman–Crippen MR) is 181 cm³/mol. The van der Waals surface area contributed by atoms with Gasteiger partial charge in [-0.3, -0.25) is 0 Å². The first-order valence-electron chi connectivity index (χ1n) is 14.4. The molecular formula is C32H28Cl2N2O10S3. The van der Waals surface area contributed by atoms with Crippen LogP contribution in [0.1, 0.15) is 31.8 Å². The number of carbonyl (C=O) groups is 2. The molecule has 2 atom stereocenters. The lowest BCUT2D eigenvalue weighted by atomic mass is 10.1. The first-order chi connectivity index (χ1) is 23.0. The van der Waals surface area contributed by atoms with Crippen LogP contribution >= 0.6 is 23.2 Å². The second-order valence-corrected chi connectivity index (χ2v) is 17.9. The summed E-state index contributed by atoms with van der Waals surface area (Å²) in [5, 5.41) is 18.5. The number of benzene rings is 4. The van der Waals surface area contributed by atoms with E-state index in [1.165, 1.54) is 0 Å². The van der Waals surface area contributed by atoms with E-state index in [0.717, 1.165) is 45.0 Å². The zero-order valence-corrected chi connectivity index (χ0v) is 29.2. The van der Waals surface area contributed by atoms with E-state index in [0.29, 0.717) is 11.1 Å². The van der Waals surface area contributed by atoms with Crippen molar-refractivity contribution in [2.45, 2.75) is 35.0 Å². The van der Waals surface area contributed by atoms with Gasteiger partial charge in [-0.1, -0.05) is 83.9 Å². The molecule has 258 valence electrons. The maximum atomic E-state index is 14.5. The third-order valence-corrected chi connectivity index (χ3v) is 14.3. The van der Waals surface area contributed by atoms with E-state index < -0.39 is 99.4 Å². The van der Waals surface area contributed by atoms with E-state index in [2.05, 4.69) is 0 Å². The quantitative estimate of drug-likeness (QED) is 0.206. The molecule has 17 heteroatoms. The van der Waals surface area contributed by atoms with Crippen LogP contribution in [0, 0.1) is 0 Å². The number of hydrogen-bond acceptors (Lipinski definition) is 8. The number of nitrogens with zero attached hydrogens (tertiary/aromatic N) is 2. The maximum absolute atomic E-state index is 14.5. The Morgan fingerprint density at radius 3 is 1.31 bits per heavy atom. The minimum atomic E-state index is -4.85. The molecular weight excluding hydrogens is 739 g/mol. The van der Waals surface area contributed by atoms with E-state index in [9.17, 15) is 45.1 Å². The van der Waals surface area contributed by atoms with Crippen molar-refractivity contribution in [2.75, 3.05) is 11.5 Å². The van der Waals surface area contributed by atoms with E-state index >= 15 is 0 Å². The van der Waals surface area contributed by atoms with Gasteiger partial charge in [-0.2, -0.15) is 8.61 Å². The third kappa shape index (κ3) is 7.83. The Labute approximate surface area is 293 Å². The molecule has 0 unspecified atom stereocenters. The summed E-state index contributed by atoms with van der Waals surface area (Å²) in [6, 6.07) is 19.2. The van der Waals surface area contributed by atoms with Crippen molar-refractivity contribution in [3.05, 3.63) is 129 Å². The van der Waals surface area contributed by atoms with Gasteiger partial charge in [0.2, 0.25) is 20.0 Å². The van der Waals surface area contributed by atoms with Crippen molar-refractivity contribution >= 4 is 65.0 Å². The van der Waals surface area contributed by atoms with Gasteiger partial charge in [0.25, 0.3) is 0 Å². The SMILES string of the molecule is O=C(O)c1ccc(Cl)c(S(=O)(=O)N(Cc2ccccc2)[C@@H]2CS(=O)(=O)C[C@@H]2N(Cc2ccccc2)S(=O)(=O)c2cc(C(=O)O)ccc2Cl)c1. The molecule has 0 saturated carbocycles. The summed E-state index contributed by atoms with van der Waals surface area (Å²) >= 11 is 12.7. The molecule has 0 radical (unpaired) electrons. The molecule has 4 aromatic rings. The standard InChI is InChI=1S/C32H28Cl2N2O10S3/c33-25-13-11-23(31(37)38)15-29(25)48(43,44)35(17-21-7-3-1-4-8-21)27-19-47(41,42)20-28(27)36(18-22-9-5-2-6-10-22)49(45,46)30-16-24(32(39)40)12-14-26(30)34/h1-16,27-28H,17-20H2,(H,37,38)(H,39,40)/t27-,28+. The zero-order chi connectivity index (χ0) is 35.7.